The number of fused-ring (bicyclic) bond motifs is 1. The number of hydrogen-bond acceptors (Lipinski definition) is 6. The van der Waals surface area contributed by atoms with Crippen LogP contribution in [0.5, 0.6) is 11.5 Å². The third-order valence-corrected chi connectivity index (χ3v) is 7.38. The van der Waals surface area contributed by atoms with Gasteiger partial charge in [0.05, 0.1) is 29.5 Å². The Kier molecular flexibility index (Phi) is 6.64. The quantitative estimate of drug-likeness (QED) is 0.446. The van der Waals surface area contributed by atoms with E-state index in [2.05, 4.69) is 21.9 Å². The van der Waals surface area contributed by atoms with E-state index in [1.54, 1.807) is 6.07 Å². The first-order chi connectivity index (χ1) is 18.2. The van der Waals surface area contributed by atoms with Crippen LogP contribution in [0.3, 0.4) is 0 Å². The molecule has 0 aliphatic carbocycles. The minimum absolute atomic E-state index is 0.0502. The lowest BCUT2D eigenvalue weighted by atomic mass is 10.1. The number of piperazine rings is 1. The summed E-state index contributed by atoms with van der Waals surface area (Å²) in [5.41, 5.74) is 3.12. The number of anilines is 1. The van der Waals surface area contributed by atoms with Crippen LogP contribution in [0.1, 0.15) is 39.1 Å². The van der Waals surface area contributed by atoms with Crippen molar-refractivity contribution in [2.24, 2.45) is 0 Å². The van der Waals surface area contributed by atoms with Crippen molar-refractivity contribution in [2.75, 3.05) is 44.2 Å². The summed E-state index contributed by atoms with van der Waals surface area (Å²) in [6.45, 7) is 5.21. The highest BCUT2D eigenvalue weighted by Crippen LogP contribution is 2.33. The number of nitrogens with zero attached hydrogens (tertiary/aromatic N) is 3. The normalized spacial score (nSPS) is 19.9. The first-order valence-electron chi connectivity index (χ1n) is 13.1. The van der Waals surface area contributed by atoms with Crippen molar-refractivity contribution < 1.29 is 19.1 Å². The first kappa shape index (κ1) is 23.7. The highest BCUT2D eigenvalue weighted by molar-refractivity contribution is 6.23. The summed E-state index contributed by atoms with van der Waals surface area (Å²) in [7, 11) is 0. The fraction of sp³-hybridized carbons (Fsp3) is 0.333. The molecule has 7 heteroatoms. The molecule has 37 heavy (non-hydrogen) atoms. The van der Waals surface area contributed by atoms with E-state index in [0.717, 1.165) is 62.8 Å². The van der Waals surface area contributed by atoms with Crippen LogP contribution in [0.4, 0.5) is 5.69 Å². The van der Waals surface area contributed by atoms with Crippen molar-refractivity contribution in [3.8, 4) is 11.5 Å². The molecule has 2 amide bonds. The minimum atomic E-state index is -0.200. The van der Waals surface area contributed by atoms with Crippen LogP contribution in [0.15, 0.2) is 72.8 Å². The number of imide groups is 1. The monoisotopic (exact) mass is 497 g/mol. The smallest absolute Gasteiger partial charge is 0.263 e. The van der Waals surface area contributed by atoms with E-state index < -0.39 is 0 Å². The van der Waals surface area contributed by atoms with E-state index in [1.165, 1.54) is 10.5 Å². The maximum Gasteiger partial charge on any atom is 0.263 e. The number of para-hydroxylation sites is 1. The Morgan fingerprint density at radius 2 is 1.62 bits per heavy atom. The molecule has 0 saturated carbocycles. The fourth-order valence-corrected chi connectivity index (χ4v) is 5.47. The molecule has 1 atom stereocenters. The molecule has 0 N–H and O–H groups in total. The van der Waals surface area contributed by atoms with Gasteiger partial charge in [-0.3, -0.25) is 19.4 Å². The summed E-state index contributed by atoms with van der Waals surface area (Å²) in [4.78, 5) is 32.4. The van der Waals surface area contributed by atoms with Crippen molar-refractivity contribution >= 4 is 17.5 Å². The predicted octanol–water partition coefficient (Wildman–Crippen LogP) is 4.58. The number of hydrogen-bond donors (Lipinski definition) is 0. The summed E-state index contributed by atoms with van der Waals surface area (Å²) in [5.74, 6) is 1.27. The maximum absolute atomic E-state index is 13.3. The van der Waals surface area contributed by atoms with E-state index in [1.807, 2.05) is 54.6 Å². The first-order valence-corrected chi connectivity index (χ1v) is 13.1. The second-order valence-corrected chi connectivity index (χ2v) is 9.88. The number of carbonyl (C=O) groups is 2. The summed E-state index contributed by atoms with van der Waals surface area (Å²) in [5, 5.41) is 0. The number of carbonyl (C=O) groups excluding carboxylic acids is 2. The second kappa shape index (κ2) is 10.4. The topological polar surface area (TPSA) is 62.3 Å². The van der Waals surface area contributed by atoms with Crippen LogP contribution < -0.4 is 9.64 Å². The molecule has 2 saturated heterocycles. The summed E-state index contributed by atoms with van der Waals surface area (Å²) in [6.07, 6.45) is 1.82. The average Bonchev–Trinajstić information content (AvgIpc) is 3.53. The van der Waals surface area contributed by atoms with Gasteiger partial charge in [-0.1, -0.05) is 36.4 Å². The third kappa shape index (κ3) is 4.97. The molecule has 0 spiro atoms. The van der Waals surface area contributed by atoms with Crippen LogP contribution >= 0.6 is 0 Å². The molecular formula is C30H31N3O4. The zero-order valence-electron chi connectivity index (χ0n) is 20.8. The third-order valence-electron chi connectivity index (χ3n) is 7.38. The van der Waals surface area contributed by atoms with Crippen LogP contribution in [0.2, 0.25) is 0 Å². The van der Waals surface area contributed by atoms with Gasteiger partial charge < -0.3 is 14.4 Å². The molecule has 0 radical (unpaired) electrons. The molecule has 0 bridgehead atoms. The SMILES string of the molecule is O=C1c2cccc(N3CCN(Cc4cccc(Oc5ccccc5)c4)CC3)c2C(=O)N1CC1CCCO1. The Morgan fingerprint density at radius 3 is 2.41 bits per heavy atom. The molecule has 7 nitrogen and oxygen atoms in total. The van der Waals surface area contributed by atoms with E-state index in [4.69, 9.17) is 9.47 Å². The molecule has 3 aliphatic rings. The highest BCUT2D eigenvalue weighted by Gasteiger charge is 2.40. The average molecular weight is 498 g/mol. The molecule has 1 unspecified atom stereocenters. The molecule has 3 aromatic carbocycles. The van der Waals surface area contributed by atoms with Gasteiger partial charge in [-0.05, 0) is 54.8 Å². The molecule has 3 aromatic rings. The van der Waals surface area contributed by atoms with E-state index >= 15 is 0 Å². The Bertz CT molecular complexity index is 1280. The highest BCUT2D eigenvalue weighted by atomic mass is 16.5. The molecule has 0 aromatic heterocycles. The van der Waals surface area contributed by atoms with Gasteiger partial charge in [0, 0.05) is 39.3 Å². The Hall–Kier alpha value is -3.68. The van der Waals surface area contributed by atoms with E-state index in [-0.39, 0.29) is 17.9 Å². The van der Waals surface area contributed by atoms with Gasteiger partial charge in [-0.15, -0.1) is 0 Å². The lowest BCUT2D eigenvalue weighted by molar-refractivity contribution is 0.0475. The molecule has 2 fully saturated rings. The standard InChI is InChI=1S/C30H31N3O4/c34-29-26-12-5-13-27(28(26)30(35)33(29)21-25-11-6-18-36-25)32-16-14-31(15-17-32)20-22-7-4-10-24(19-22)37-23-8-2-1-3-9-23/h1-5,7-10,12-13,19,25H,6,11,14-18,20-21H2. The van der Waals surface area contributed by atoms with Gasteiger partial charge in [0.2, 0.25) is 0 Å². The number of rotatable bonds is 7. The van der Waals surface area contributed by atoms with Crippen molar-refractivity contribution in [3.05, 3.63) is 89.5 Å². The van der Waals surface area contributed by atoms with Crippen LogP contribution in [0, 0.1) is 0 Å². The largest absolute Gasteiger partial charge is 0.457 e. The van der Waals surface area contributed by atoms with Crippen LogP contribution in [-0.4, -0.2) is 67.0 Å². The fourth-order valence-electron chi connectivity index (χ4n) is 5.47. The predicted molar refractivity (Wildman–Crippen MR) is 141 cm³/mol. The zero-order valence-corrected chi connectivity index (χ0v) is 20.8. The zero-order chi connectivity index (χ0) is 25.2. The van der Waals surface area contributed by atoms with Crippen molar-refractivity contribution in [1.29, 1.82) is 0 Å². The minimum Gasteiger partial charge on any atom is -0.457 e. The number of benzene rings is 3. The van der Waals surface area contributed by atoms with Crippen LogP contribution in [0.25, 0.3) is 0 Å². The molecular weight excluding hydrogens is 466 g/mol. The van der Waals surface area contributed by atoms with Crippen molar-refractivity contribution in [2.45, 2.75) is 25.5 Å². The summed E-state index contributed by atoms with van der Waals surface area (Å²) in [6, 6.07) is 23.7. The molecule has 3 heterocycles. The van der Waals surface area contributed by atoms with Gasteiger partial charge in [0.1, 0.15) is 11.5 Å². The molecule has 3 aliphatic heterocycles. The van der Waals surface area contributed by atoms with Gasteiger partial charge in [-0.2, -0.15) is 0 Å². The Morgan fingerprint density at radius 1 is 0.838 bits per heavy atom. The number of ether oxygens (including phenoxy) is 2. The second-order valence-electron chi connectivity index (χ2n) is 9.88. The Labute approximate surface area is 217 Å². The van der Waals surface area contributed by atoms with Crippen LogP contribution in [-0.2, 0) is 11.3 Å². The van der Waals surface area contributed by atoms with Crippen molar-refractivity contribution in [1.82, 2.24) is 9.80 Å². The number of amides is 2. The summed E-state index contributed by atoms with van der Waals surface area (Å²) >= 11 is 0. The van der Waals surface area contributed by atoms with Gasteiger partial charge in [0.15, 0.2) is 0 Å². The molecule has 6 rings (SSSR count). The maximum atomic E-state index is 13.3. The van der Waals surface area contributed by atoms with E-state index in [9.17, 15) is 9.59 Å². The van der Waals surface area contributed by atoms with E-state index in [0.29, 0.717) is 24.3 Å². The molecule has 190 valence electrons. The van der Waals surface area contributed by atoms with Gasteiger partial charge in [-0.25, -0.2) is 0 Å². The van der Waals surface area contributed by atoms with Gasteiger partial charge >= 0.3 is 0 Å². The lowest BCUT2D eigenvalue weighted by Crippen LogP contribution is -2.46. The van der Waals surface area contributed by atoms with Crippen molar-refractivity contribution in [3.63, 3.8) is 0 Å². The Balaban J connectivity index is 1.10. The van der Waals surface area contributed by atoms with Gasteiger partial charge in [0.25, 0.3) is 11.8 Å². The summed E-state index contributed by atoms with van der Waals surface area (Å²) < 4.78 is 11.7. The lowest BCUT2D eigenvalue weighted by Gasteiger charge is -2.36.